The van der Waals surface area contributed by atoms with Gasteiger partial charge < -0.3 is 15.7 Å². The highest BCUT2D eigenvalue weighted by Crippen LogP contribution is 2.46. The fraction of sp³-hybridized carbons (Fsp3) is 0.500. The molecule has 1 aromatic carbocycles. The molecule has 1 saturated heterocycles. The molecule has 0 amide bonds. The molecule has 3 heteroatoms. The van der Waals surface area contributed by atoms with Crippen molar-refractivity contribution in [2.75, 3.05) is 13.1 Å². The van der Waals surface area contributed by atoms with Crippen molar-refractivity contribution in [1.29, 1.82) is 0 Å². The van der Waals surface area contributed by atoms with Gasteiger partial charge in [-0.1, -0.05) is 12.1 Å². The first kappa shape index (κ1) is 9.19. The number of aromatic hydroxyl groups is 1. The minimum absolute atomic E-state index is 0.209. The van der Waals surface area contributed by atoms with Crippen LogP contribution in [-0.4, -0.2) is 24.2 Å². The lowest BCUT2D eigenvalue weighted by Gasteiger charge is -2.33. The summed E-state index contributed by atoms with van der Waals surface area (Å²) in [6.07, 6.45) is 2.43. The van der Waals surface area contributed by atoms with Crippen LogP contribution in [-0.2, 0) is 5.54 Å². The highest BCUT2D eigenvalue weighted by Gasteiger charge is 2.46. The smallest absolute Gasteiger partial charge is 0.115 e. The third-order valence-electron chi connectivity index (χ3n) is 3.43. The summed E-state index contributed by atoms with van der Waals surface area (Å²) in [5.74, 6) is 0.347. The monoisotopic (exact) mass is 204 g/mol. The van der Waals surface area contributed by atoms with Crippen LogP contribution < -0.4 is 10.6 Å². The molecule has 3 rings (SSSR count). The van der Waals surface area contributed by atoms with E-state index in [1.54, 1.807) is 12.1 Å². The third kappa shape index (κ3) is 1.62. The van der Waals surface area contributed by atoms with Crippen LogP contribution in [0.3, 0.4) is 0 Å². The number of phenolic OH excluding ortho intramolecular Hbond substituents is 1. The summed E-state index contributed by atoms with van der Waals surface area (Å²) < 4.78 is 0. The van der Waals surface area contributed by atoms with Crippen LogP contribution in [0.4, 0.5) is 0 Å². The summed E-state index contributed by atoms with van der Waals surface area (Å²) in [6.45, 7) is 2.17. The van der Waals surface area contributed by atoms with Gasteiger partial charge in [0.25, 0.3) is 0 Å². The molecule has 0 aromatic heterocycles. The Bertz CT molecular complexity index is 352. The molecule has 0 radical (unpaired) electrons. The minimum atomic E-state index is 0.209. The second-order valence-corrected chi connectivity index (χ2v) is 4.63. The Hall–Kier alpha value is -1.06. The van der Waals surface area contributed by atoms with E-state index < -0.39 is 0 Å². The number of benzene rings is 1. The second-order valence-electron chi connectivity index (χ2n) is 4.63. The second kappa shape index (κ2) is 3.22. The van der Waals surface area contributed by atoms with Crippen LogP contribution in [0.15, 0.2) is 24.3 Å². The average Bonchev–Trinajstić information content (AvgIpc) is 2.94. The summed E-state index contributed by atoms with van der Waals surface area (Å²) in [4.78, 5) is 0. The topological polar surface area (TPSA) is 44.3 Å². The van der Waals surface area contributed by atoms with Crippen molar-refractivity contribution in [2.45, 2.75) is 24.4 Å². The first-order chi connectivity index (χ1) is 7.28. The lowest BCUT2D eigenvalue weighted by Crippen LogP contribution is -2.58. The molecule has 0 bridgehead atoms. The molecule has 2 aliphatic rings. The van der Waals surface area contributed by atoms with Crippen molar-refractivity contribution in [3.63, 3.8) is 0 Å². The van der Waals surface area contributed by atoms with E-state index >= 15 is 0 Å². The molecule has 80 valence electrons. The number of hydrogen-bond acceptors (Lipinski definition) is 3. The maximum Gasteiger partial charge on any atom is 0.115 e. The molecular weight excluding hydrogens is 188 g/mol. The fourth-order valence-electron chi connectivity index (χ4n) is 2.20. The predicted molar refractivity (Wildman–Crippen MR) is 58.8 cm³/mol. The van der Waals surface area contributed by atoms with Gasteiger partial charge in [-0.15, -0.1) is 0 Å². The van der Waals surface area contributed by atoms with Gasteiger partial charge in [0.15, 0.2) is 0 Å². The van der Waals surface area contributed by atoms with Crippen LogP contribution in [0.1, 0.15) is 18.4 Å². The van der Waals surface area contributed by atoms with Gasteiger partial charge in [0.2, 0.25) is 0 Å². The van der Waals surface area contributed by atoms with Crippen LogP contribution >= 0.6 is 0 Å². The van der Waals surface area contributed by atoms with Gasteiger partial charge in [-0.3, -0.25) is 0 Å². The van der Waals surface area contributed by atoms with Gasteiger partial charge in [-0.05, 0) is 30.5 Å². The number of hydrogen-bond donors (Lipinski definition) is 3. The maximum atomic E-state index is 9.25. The van der Waals surface area contributed by atoms with Gasteiger partial charge in [0.1, 0.15) is 5.75 Å². The summed E-state index contributed by atoms with van der Waals surface area (Å²) in [5, 5.41) is 16.2. The van der Waals surface area contributed by atoms with Gasteiger partial charge in [-0.2, -0.15) is 0 Å². The fourth-order valence-corrected chi connectivity index (χ4v) is 2.20. The van der Waals surface area contributed by atoms with E-state index in [0.29, 0.717) is 11.8 Å². The lowest BCUT2D eigenvalue weighted by atomic mass is 10.0. The van der Waals surface area contributed by atoms with E-state index in [1.807, 2.05) is 12.1 Å². The Morgan fingerprint density at radius 1 is 1.20 bits per heavy atom. The molecule has 3 N–H and O–H groups in total. The van der Waals surface area contributed by atoms with Gasteiger partial charge in [0.05, 0.1) is 0 Å². The molecule has 15 heavy (non-hydrogen) atoms. The van der Waals surface area contributed by atoms with E-state index in [0.717, 1.165) is 13.1 Å². The molecular formula is C12H16N2O. The van der Waals surface area contributed by atoms with Gasteiger partial charge >= 0.3 is 0 Å². The van der Waals surface area contributed by atoms with Crippen LogP contribution in [0.25, 0.3) is 0 Å². The Morgan fingerprint density at radius 3 is 2.33 bits per heavy atom. The normalized spacial score (nSPS) is 23.5. The number of nitrogens with one attached hydrogen (secondary N) is 2. The molecule has 2 fully saturated rings. The summed E-state index contributed by atoms with van der Waals surface area (Å²) >= 11 is 0. The Kier molecular flexibility index (Phi) is 1.97. The molecule has 3 nitrogen and oxygen atoms in total. The average molecular weight is 204 g/mol. The highest BCUT2D eigenvalue weighted by atomic mass is 16.3. The number of phenols is 1. The van der Waals surface area contributed by atoms with E-state index in [9.17, 15) is 5.11 Å². The summed E-state index contributed by atoms with van der Waals surface area (Å²) in [5.41, 5.74) is 1.52. The molecule has 0 spiro atoms. The third-order valence-corrected chi connectivity index (χ3v) is 3.43. The molecule has 1 saturated carbocycles. The first-order valence-corrected chi connectivity index (χ1v) is 5.56. The minimum Gasteiger partial charge on any atom is -0.508 e. The Labute approximate surface area is 89.5 Å². The lowest BCUT2D eigenvalue weighted by molar-refractivity contribution is 0.319. The molecule has 1 aliphatic carbocycles. The van der Waals surface area contributed by atoms with E-state index in [4.69, 9.17) is 0 Å². The standard InChI is InChI=1S/C12H16N2O/c15-11-3-1-9(2-4-11)12(5-6-12)14-10-7-13-8-10/h1-4,10,13-15H,5-8H2. The largest absolute Gasteiger partial charge is 0.508 e. The van der Waals surface area contributed by atoms with Crippen LogP contribution in [0.5, 0.6) is 5.75 Å². The maximum absolute atomic E-state index is 9.25. The van der Waals surface area contributed by atoms with Crippen LogP contribution in [0, 0.1) is 0 Å². The molecule has 1 heterocycles. The Morgan fingerprint density at radius 2 is 1.87 bits per heavy atom. The SMILES string of the molecule is Oc1ccc(C2(NC3CNC3)CC2)cc1. The zero-order valence-electron chi connectivity index (χ0n) is 8.66. The van der Waals surface area contributed by atoms with Crippen LogP contribution in [0.2, 0.25) is 0 Å². The van der Waals surface area contributed by atoms with Crippen molar-refractivity contribution >= 4 is 0 Å². The van der Waals surface area contributed by atoms with E-state index in [1.165, 1.54) is 18.4 Å². The zero-order chi connectivity index (χ0) is 10.3. The van der Waals surface area contributed by atoms with Crippen molar-refractivity contribution in [1.82, 2.24) is 10.6 Å². The van der Waals surface area contributed by atoms with Crippen molar-refractivity contribution in [3.8, 4) is 5.75 Å². The summed E-state index contributed by atoms with van der Waals surface area (Å²) in [6, 6.07) is 8.23. The van der Waals surface area contributed by atoms with E-state index in [2.05, 4.69) is 10.6 Å². The molecule has 0 atom stereocenters. The van der Waals surface area contributed by atoms with Gasteiger partial charge in [0, 0.05) is 24.7 Å². The predicted octanol–water partition coefficient (Wildman–Crippen LogP) is 0.943. The number of rotatable bonds is 3. The van der Waals surface area contributed by atoms with Crippen molar-refractivity contribution in [2.24, 2.45) is 0 Å². The highest BCUT2D eigenvalue weighted by molar-refractivity contribution is 5.35. The molecule has 0 unspecified atom stereocenters. The first-order valence-electron chi connectivity index (χ1n) is 5.56. The van der Waals surface area contributed by atoms with Gasteiger partial charge in [-0.25, -0.2) is 0 Å². The van der Waals surface area contributed by atoms with E-state index in [-0.39, 0.29) is 5.54 Å². The summed E-state index contributed by atoms with van der Waals surface area (Å²) in [7, 11) is 0. The van der Waals surface area contributed by atoms with Crippen molar-refractivity contribution in [3.05, 3.63) is 29.8 Å². The molecule has 1 aliphatic heterocycles. The van der Waals surface area contributed by atoms with Crippen molar-refractivity contribution < 1.29 is 5.11 Å². The molecule has 1 aromatic rings. The quantitative estimate of drug-likeness (QED) is 0.686. The zero-order valence-corrected chi connectivity index (χ0v) is 8.66. The Balaban J connectivity index is 1.76.